The number of aliphatic imine (C=N–C) groups is 1. The fourth-order valence-electron chi connectivity index (χ4n) is 6.44. The number of nitrogens with one attached hydrogen (secondary N) is 6. The van der Waals surface area contributed by atoms with Gasteiger partial charge >= 0.3 is 12.0 Å². The fourth-order valence-corrected chi connectivity index (χ4v) is 6.91. The number of nitrogens with two attached hydrogens (primary N) is 2. The summed E-state index contributed by atoms with van der Waals surface area (Å²) in [5, 5.41) is 35.7. The Hall–Kier alpha value is -6.05. The summed E-state index contributed by atoms with van der Waals surface area (Å²) in [7, 11) is 1.42. The van der Waals surface area contributed by atoms with Crippen LogP contribution in [0.15, 0.2) is 59.6 Å². The van der Waals surface area contributed by atoms with Crippen molar-refractivity contribution < 1.29 is 43.8 Å². The number of carboxylic acids is 1. The van der Waals surface area contributed by atoms with Gasteiger partial charge in [0.1, 0.15) is 42.0 Å². The van der Waals surface area contributed by atoms with E-state index in [1.54, 1.807) is 12.1 Å². The lowest BCUT2D eigenvalue weighted by molar-refractivity contribution is -0.142. The van der Waals surface area contributed by atoms with E-state index in [1.165, 1.54) is 42.8 Å². The largest absolute Gasteiger partial charge is 0.508 e. The molecule has 1 aliphatic rings. The van der Waals surface area contributed by atoms with E-state index in [2.05, 4.69) is 36.9 Å². The van der Waals surface area contributed by atoms with Crippen LogP contribution in [0.25, 0.3) is 0 Å². The minimum Gasteiger partial charge on any atom is -0.508 e. The molecule has 0 saturated carbocycles. The zero-order valence-electron chi connectivity index (χ0n) is 34.9. The van der Waals surface area contributed by atoms with Crippen molar-refractivity contribution in [1.82, 2.24) is 36.8 Å². The Morgan fingerprint density at radius 1 is 0.885 bits per heavy atom. The van der Waals surface area contributed by atoms with E-state index in [-0.39, 0.29) is 63.3 Å². The van der Waals surface area contributed by atoms with Gasteiger partial charge in [-0.2, -0.15) is 11.8 Å². The first kappa shape index (κ1) is 49.3. The molecule has 0 radical (unpaired) electrons. The first-order valence-electron chi connectivity index (χ1n) is 20.2. The molecule has 0 bridgehead atoms. The average Bonchev–Trinajstić information content (AvgIpc) is 3.23. The molecule has 12 N–H and O–H groups in total. The molecule has 19 nitrogen and oxygen atoms in total. The summed E-state index contributed by atoms with van der Waals surface area (Å²) in [6, 6.07) is 7.48. The molecule has 1 aliphatic heterocycles. The van der Waals surface area contributed by atoms with Gasteiger partial charge in [0.25, 0.3) is 0 Å². The number of aliphatic carboxylic acids is 1. The van der Waals surface area contributed by atoms with Crippen molar-refractivity contribution in [2.45, 2.75) is 101 Å². The number of phenols is 1. The summed E-state index contributed by atoms with van der Waals surface area (Å²) in [6.07, 6.45) is 3.40. The number of nitrogens with zero attached hydrogens (tertiary/aromatic N) is 2. The van der Waals surface area contributed by atoms with Gasteiger partial charge in [0.05, 0.1) is 0 Å². The van der Waals surface area contributed by atoms with Gasteiger partial charge in [-0.05, 0) is 93.6 Å². The van der Waals surface area contributed by atoms with Crippen LogP contribution < -0.4 is 43.4 Å². The topological polar surface area (TPSA) is 300 Å². The lowest BCUT2D eigenvalue weighted by Gasteiger charge is -2.31. The molecule has 0 aromatic heterocycles. The third kappa shape index (κ3) is 17.2. The number of amides is 7. The number of carbonyl (C=O) groups excluding carboxylic acids is 6. The van der Waals surface area contributed by atoms with Gasteiger partial charge in [-0.3, -0.25) is 29.0 Å². The molecular formula is C41H60N10O9S. The van der Waals surface area contributed by atoms with Crippen LogP contribution in [0, 0.1) is 0 Å². The molecule has 0 aliphatic carbocycles. The lowest BCUT2D eigenvalue weighted by Crippen LogP contribution is -2.59. The van der Waals surface area contributed by atoms with Crippen LogP contribution in [0.1, 0.15) is 63.0 Å². The normalized spacial score (nSPS) is 21.5. The van der Waals surface area contributed by atoms with E-state index in [4.69, 9.17) is 11.5 Å². The monoisotopic (exact) mass is 868 g/mol. The highest BCUT2D eigenvalue weighted by atomic mass is 32.2. The molecule has 1 heterocycles. The van der Waals surface area contributed by atoms with Crippen LogP contribution in [0.3, 0.4) is 0 Å². The fraction of sp³-hybridized carbons (Fsp3) is 0.512. The SMILES string of the molecule is CSCCC1NC(=O)C(NC(=O)N[C@@H](CCCN=C(N)N)C(=O)O)CCCCNC(=O)[C@H](Cc2ccccc2)NC(=O)[C@H](C)N(C)C(=O)C(CCc2ccc(O)cc2)NC1=O. The lowest BCUT2D eigenvalue weighted by atomic mass is 10.0. The Kier molecular flexibility index (Phi) is 20.7. The molecule has 7 amide bonds. The van der Waals surface area contributed by atoms with Gasteiger partial charge in [-0.15, -0.1) is 0 Å². The molecule has 2 aromatic rings. The molecule has 0 spiro atoms. The third-order valence-electron chi connectivity index (χ3n) is 10.1. The van der Waals surface area contributed by atoms with Crippen LogP contribution in [0.2, 0.25) is 0 Å². The van der Waals surface area contributed by atoms with Crippen molar-refractivity contribution in [3.05, 3.63) is 65.7 Å². The molecule has 20 heteroatoms. The Morgan fingerprint density at radius 3 is 2.21 bits per heavy atom. The molecule has 61 heavy (non-hydrogen) atoms. The van der Waals surface area contributed by atoms with Crippen LogP contribution >= 0.6 is 11.8 Å². The van der Waals surface area contributed by atoms with E-state index < -0.39 is 77.8 Å². The quantitative estimate of drug-likeness (QED) is 0.0648. The maximum Gasteiger partial charge on any atom is 0.326 e. The number of carbonyl (C=O) groups is 7. The Balaban J connectivity index is 1.96. The number of thioether (sulfide) groups is 1. The van der Waals surface area contributed by atoms with Crippen LogP contribution in [0.4, 0.5) is 4.79 Å². The molecule has 334 valence electrons. The summed E-state index contributed by atoms with van der Waals surface area (Å²) in [6.45, 7) is 1.80. The number of guanidine groups is 1. The highest BCUT2D eigenvalue weighted by molar-refractivity contribution is 7.98. The Labute approximate surface area is 360 Å². The number of urea groups is 1. The first-order valence-corrected chi connectivity index (χ1v) is 21.6. The number of benzene rings is 2. The van der Waals surface area contributed by atoms with E-state index in [0.717, 1.165) is 11.1 Å². The number of aryl methyl sites for hydroxylation is 1. The van der Waals surface area contributed by atoms with Crippen molar-refractivity contribution in [2.75, 3.05) is 32.1 Å². The zero-order chi connectivity index (χ0) is 44.9. The van der Waals surface area contributed by atoms with Gasteiger partial charge in [0, 0.05) is 26.6 Å². The number of rotatable bonds is 15. The average molecular weight is 869 g/mol. The van der Waals surface area contributed by atoms with E-state index >= 15 is 0 Å². The van der Waals surface area contributed by atoms with E-state index in [9.17, 15) is 43.8 Å². The summed E-state index contributed by atoms with van der Waals surface area (Å²) in [5.41, 5.74) is 12.2. The predicted molar refractivity (Wildman–Crippen MR) is 231 cm³/mol. The number of aromatic hydroxyl groups is 1. The second-order valence-electron chi connectivity index (χ2n) is 14.8. The molecule has 6 atom stereocenters. The minimum absolute atomic E-state index is 0.0145. The minimum atomic E-state index is -1.34. The number of hydrogen-bond acceptors (Lipinski definition) is 10. The van der Waals surface area contributed by atoms with Crippen molar-refractivity contribution in [2.24, 2.45) is 16.5 Å². The number of hydrogen-bond donors (Lipinski definition) is 10. The van der Waals surface area contributed by atoms with E-state index in [0.29, 0.717) is 25.0 Å². The van der Waals surface area contributed by atoms with Crippen molar-refractivity contribution in [1.29, 1.82) is 0 Å². The number of phenolic OH excluding ortho intramolecular Hbond substituents is 1. The maximum atomic E-state index is 14.2. The first-order chi connectivity index (χ1) is 29.1. The van der Waals surface area contributed by atoms with Crippen molar-refractivity contribution >= 4 is 59.3 Å². The van der Waals surface area contributed by atoms with E-state index in [1.807, 2.05) is 36.6 Å². The molecular weight excluding hydrogens is 809 g/mol. The Morgan fingerprint density at radius 2 is 1.56 bits per heavy atom. The van der Waals surface area contributed by atoms with Crippen LogP contribution in [-0.2, 0) is 41.6 Å². The Bertz CT molecular complexity index is 1810. The molecule has 1 fully saturated rings. The second-order valence-corrected chi connectivity index (χ2v) is 15.8. The van der Waals surface area contributed by atoms with Gasteiger partial charge in [0.2, 0.25) is 29.5 Å². The number of carboxylic acid groups (broad SMARTS) is 1. The van der Waals surface area contributed by atoms with Gasteiger partial charge in [-0.25, -0.2) is 9.59 Å². The smallest absolute Gasteiger partial charge is 0.326 e. The highest BCUT2D eigenvalue weighted by Crippen LogP contribution is 2.15. The summed E-state index contributed by atoms with van der Waals surface area (Å²) >= 11 is 1.42. The summed E-state index contributed by atoms with van der Waals surface area (Å²) in [4.78, 5) is 99.8. The van der Waals surface area contributed by atoms with Gasteiger partial charge in [0.15, 0.2) is 5.96 Å². The van der Waals surface area contributed by atoms with Crippen LogP contribution in [0.5, 0.6) is 5.75 Å². The third-order valence-corrected chi connectivity index (χ3v) is 10.8. The molecule has 1 saturated heterocycles. The molecule has 3 unspecified atom stereocenters. The second kappa shape index (κ2) is 25.5. The maximum absolute atomic E-state index is 14.2. The van der Waals surface area contributed by atoms with Crippen molar-refractivity contribution in [3.8, 4) is 5.75 Å². The van der Waals surface area contributed by atoms with Gasteiger partial charge < -0.3 is 58.5 Å². The van der Waals surface area contributed by atoms with Crippen molar-refractivity contribution in [3.63, 3.8) is 0 Å². The molecule has 2 aromatic carbocycles. The zero-order valence-corrected chi connectivity index (χ0v) is 35.7. The van der Waals surface area contributed by atoms with Crippen LogP contribution in [-0.4, -0.2) is 131 Å². The number of likely N-dealkylation sites (N-methyl/N-ethyl adjacent to an activating group) is 1. The standard InChI is InChI=1S/C41H60N10O9S/c1-25-34(53)48-33(24-27-10-5-4-6-11-27)35(54)44-21-8-7-12-29(49-41(60)50-32(39(58)59)13-9-22-45-40(42)43)36(55)46-30(20-23-61-3)37(56)47-31(38(57)51(25)2)19-16-26-14-17-28(52)18-15-26/h4-6,10-11,14-15,17-18,25,29-33,52H,7-9,12-13,16,19-24H2,1-3H3,(H,44,54)(H,46,55)(H,47,56)(H,48,53)(H,58,59)(H4,42,43,45)(H2,49,50,60)/t25-,29?,30?,31?,32-,33-/m0/s1. The highest BCUT2D eigenvalue weighted by Gasteiger charge is 2.34. The molecule has 3 rings (SSSR count). The summed E-state index contributed by atoms with van der Waals surface area (Å²) in [5.74, 6) is -4.06. The van der Waals surface area contributed by atoms with Gasteiger partial charge in [-0.1, -0.05) is 42.5 Å². The predicted octanol–water partition coefficient (Wildman–Crippen LogP) is 0.0966. The summed E-state index contributed by atoms with van der Waals surface area (Å²) < 4.78 is 0.